The summed E-state index contributed by atoms with van der Waals surface area (Å²) >= 11 is 0. The van der Waals surface area contributed by atoms with E-state index in [1.54, 1.807) is 13.8 Å². The van der Waals surface area contributed by atoms with Gasteiger partial charge in [0.05, 0.1) is 25.4 Å². The maximum atomic E-state index is 10.2. The molecule has 0 radical (unpaired) electrons. The van der Waals surface area contributed by atoms with E-state index in [9.17, 15) is 15.3 Å². The van der Waals surface area contributed by atoms with Crippen LogP contribution in [0.4, 0.5) is 0 Å². The zero-order valence-corrected chi connectivity index (χ0v) is 21.1. The summed E-state index contributed by atoms with van der Waals surface area (Å²) in [5.41, 5.74) is 2.43. The molecule has 0 amide bonds. The Balaban J connectivity index is 1.75. The molecule has 3 aliphatic carbocycles. The fourth-order valence-corrected chi connectivity index (χ4v) is 6.50. The summed E-state index contributed by atoms with van der Waals surface area (Å²) in [6.45, 7) is 13.5. The SMILES string of the molecule is C=C1/C(=C\C=C2/CCC[C@]3(COCCC#CC(C)(C)O)[C@@H](C(C)C)CC[C@@H]23)C[C@@H](O)C[C@@H]1O. The van der Waals surface area contributed by atoms with Crippen molar-refractivity contribution in [1.29, 1.82) is 0 Å². The molecule has 33 heavy (non-hydrogen) atoms. The molecule has 4 heteroatoms. The van der Waals surface area contributed by atoms with Crippen LogP contribution in [0.1, 0.15) is 79.1 Å². The second-order valence-corrected chi connectivity index (χ2v) is 11.3. The van der Waals surface area contributed by atoms with Crippen LogP contribution in [0.15, 0.2) is 35.5 Å². The monoisotopic (exact) mass is 456 g/mol. The highest BCUT2D eigenvalue weighted by atomic mass is 16.5. The summed E-state index contributed by atoms with van der Waals surface area (Å²) < 4.78 is 6.25. The van der Waals surface area contributed by atoms with Crippen LogP contribution in [0.2, 0.25) is 0 Å². The van der Waals surface area contributed by atoms with Gasteiger partial charge in [-0.1, -0.05) is 50.0 Å². The Morgan fingerprint density at radius 3 is 2.70 bits per heavy atom. The number of allylic oxidation sites excluding steroid dienone is 3. The molecule has 4 nitrogen and oxygen atoms in total. The Morgan fingerprint density at radius 2 is 2.00 bits per heavy atom. The summed E-state index contributed by atoms with van der Waals surface area (Å²) in [5, 5.41) is 30.0. The molecule has 5 atom stereocenters. The van der Waals surface area contributed by atoms with E-state index in [0.717, 1.165) is 24.2 Å². The second-order valence-electron chi connectivity index (χ2n) is 11.3. The van der Waals surface area contributed by atoms with Crippen LogP contribution in [-0.2, 0) is 4.74 Å². The highest BCUT2D eigenvalue weighted by molar-refractivity contribution is 5.38. The molecule has 3 fully saturated rings. The van der Waals surface area contributed by atoms with Gasteiger partial charge in [0.1, 0.15) is 5.60 Å². The van der Waals surface area contributed by atoms with Crippen molar-refractivity contribution < 1.29 is 20.1 Å². The van der Waals surface area contributed by atoms with Gasteiger partial charge in [0, 0.05) is 18.3 Å². The maximum absolute atomic E-state index is 10.2. The molecule has 0 heterocycles. The minimum absolute atomic E-state index is 0.170. The predicted octanol–water partition coefficient (Wildman–Crippen LogP) is 4.94. The molecule has 184 valence electrons. The van der Waals surface area contributed by atoms with Crippen LogP contribution in [-0.4, -0.2) is 46.3 Å². The van der Waals surface area contributed by atoms with E-state index in [0.29, 0.717) is 43.6 Å². The van der Waals surface area contributed by atoms with Crippen LogP contribution in [0.5, 0.6) is 0 Å². The molecule has 0 aromatic rings. The molecule has 0 bridgehead atoms. The first-order chi connectivity index (χ1) is 15.5. The fourth-order valence-electron chi connectivity index (χ4n) is 6.50. The lowest BCUT2D eigenvalue weighted by Gasteiger charge is -2.46. The van der Waals surface area contributed by atoms with E-state index >= 15 is 0 Å². The standard InChI is InChI=1S/C29H44O4/c1-20(2)25-12-13-26-22(10-11-23-17-24(30)18-27(31)21(23)3)9-8-15-29(25,26)19-33-16-7-6-14-28(4,5)32/h10-11,20,24-27,30-32H,3,7-9,12-13,15-19H2,1-2,4-5H3/b22-10+,23-11-/t24-,25-,26+,27+,29+/m1/s1. The van der Waals surface area contributed by atoms with Gasteiger partial charge in [0.15, 0.2) is 0 Å². The molecule has 0 aromatic heterocycles. The lowest BCUT2D eigenvalue weighted by atomic mass is 9.60. The molecule has 0 aliphatic heterocycles. The van der Waals surface area contributed by atoms with Gasteiger partial charge >= 0.3 is 0 Å². The third-order valence-corrected chi connectivity index (χ3v) is 7.96. The van der Waals surface area contributed by atoms with Crippen molar-refractivity contribution in [3.05, 3.63) is 35.5 Å². The topological polar surface area (TPSA) is 69.9 Å². The lowest BCUT2D eigenvalue weighted by Crippen LogP contribution is -2.42. The van der Waals surface area contributed by atoms with Gasteiger partial charge in [-0.15, -0.1) is 0 Å². The molecule has 3 saturated carbocycles. The van der Waals surface area contributed by atoms with Gasteiger partial charge in [0.2, 0.25) is 0 Å². The van der Waals surface area contributed by atoms with Crippen molar-refractivity contribution >= 4 is 0 Å². The third kappa shape index (κ3) is 6.40. The van der Waals surface area contributed by atoms with Gasteiger partial charge in [0.25, 0.3) is 0 Å². The summed E-state index contributed by atoms with van der Waals surface area (Å²) in [5.74, 6) is 7.69. The van der Waals surface area contributed by atoms with Crippen molar-refractivity contribution in [3.8, 4) is 11.8 Å². The number of hydrogen-bond donors (Lipinski definition) is 3. The number of fused-ring (bicyclic) bond motifs is 1. The number of hydrogen-bond acceptors (Lipinski definition) is 4. The molecule has 3 rings (SSSR count). The van der Waals surface area contributed by atoms with Gasteiger partial charge in [-0.3, -0.25) is 0 Å². The molecule has 3 aliphatic rings. The Hall–Kier alpha value is -1.38. The van der Waals surface area contributed by atoms with E-state index in [1.807, 2.05) is 0 Å². The van der Waals surface area contributed by atoms with Crippen molar-refractivity contribution in [1.82, 2.24) is 0 Å². The third-order valence-electron chi connectivity index (χ3n) is 7.96. The molecular formula is C29H44O4. The predicted molar refractivity (Wildman–Crippen MR) is 133 cm³/mol. The van der Waals surface area contributed by atoms with Gasteiger partial charge < -0.3 is 20.1 Å². The highest BCUT2D eigenvalue weighted by Crippen LogP contribution is 2.59. The van der Waals surface area contributed by atoms with Crippen LogP contribution < -0.4 is 0 Å². The minimum Gasteiger partial charge on any atom is -0.393 e. The largest absolute Gasteiger partial charge is 0.393 e. The summed E-state index contributed by atoms with van der Waals surface area (Å²) in [4.78, 5) is 0. The summed E-state index contributed by atoms with van der Waals surface area (Å²) in [6, 6.07) is 0. The van der Waals surface area contributed by atoms with Gasteiger partial charge in [-0.2, -0.15) is 0 Å². The van der Waals surface area contributed by atoms with E-state index in [2.05, 4.69) is 44.4 Å². The molecule has 0 unspecified atom stereocenters. The quantitative estimate of drug-likeness (QED) is 0.391. The number of aliphatic hydroxyl groups excluding tert-OH is 2. The minimum atomic E-state index is -0.953. The highest BCUT2D eigenvalue weighted by Gasteiger charge is 2.53. The van der Waals surface area contributed by atoms with Crippen LogP contribution in [0.3, 0.4) is 0 Å². The van der Waals surface area contributed by atoms with Crippen LogP contribution in [0, 0.1) is 35.0 Å². The van der Waals surface area contributed by atoms with E-state index < -0.39 is 17.8 Å². The molecule has 0 saturated heterocycles. The zero-order chi connectivity index (χ0) is 24.2. The van der Waals surface area contributed by atoms with Crippen LogP contribution >= 0.6 is 0 Å². The molecule has 0 spiro atoms. The van der Waals surface area contributed by atoms with Crippen LogP contribution in [0.25, 0.3) is 0 Å². The Labute approximate surface area is 200 Å². The average Bonchev–Trinajstić information content (AvgIpc) is 3.11. The maximum Gasteiger partial charge on any atom is 0.119 e. The fraction of sp³-hybridized carbons (Fsp3) is 0.724. The van der Waals surface area contributed by atoms with Crippen molar-refractivity contribution in [3.63, 3.8) is 0 Å². The smallest absolute Gasteiger partial charge is 0.119 e. The van der Waals surface area contributed by atoms with Gasteiger partial charge in [-0.25, -0.2) is 0 Å². The number of rotatable bonds is 6. The van der Waals surface area contributed by atoms with E-state index in [-0.39, 0.29) is 5.41 Å². The normalized spacial score (nSPS) is 35.1. The Morgan fingerprint density at radius 1 is 1.24 bits per heavy atom. The molecular weight excluding hydrogens is 412 g/mol. The molecule has 3 N–H and O–H groups in total. The number of ether oxygens (including phenoxy) is 1. The van der Waals surface area contributed by atoms with Crippen molar-refractivity contribution in [2.24, 2.45) is 23.2 Å². The van der Waals surface area contributed by atoms with E-state index in [1.165, 1.54) is 31.3 Å². The van der Waals surface area contributed by atoms with Crippen molar-refractivity contribution in [2.45, 2.75) is 96.9 Å². The van der Waals surface area contributed by atoms with Gasteiger partial charge in [-0.05, 0) is 81.3 Å². The second kappa shape index (κ2) is 10.9. The first-order valence-electron chi connectivity index (χ1n) is 12.8. The average molecular weight is 457 g/mol. The zero-order valence-electron chi connectivity index (χ0n) is 21.1. The summed E-state index contributed by atoms with van der Waals surface area (Å²) in [7, 11) is 0. The lowest BCUT2D eigenvalue weighted by molar-refractivity contribution is -0.0261. The van der Waals surface area contributed by atoms with E-state index in [4.69, 9.17) is 4.74 Å². The molecule has 0 aromatic carbocycles. The van der Waals surface area contributed by atoms with Crippen molar-refractivity contribution in [2.75, 3.05) is 13.2 Å². The first kappa shape index (κ1) is 26.2. The summed E-state index contributed by atoms with van der Waals surface area (Å²) in [6.07, 6.45) is 10.7. The Bertz CT molecular complexity index is 819. The first-order valence-corrected chi connectivity index (χ1v) is 12.8. The number of aliphatic hydroxyl groups is 3. The Kier molecular flexibility index (Phi) is 8.67.